The van der Waals surface area contributed by atoms with Crippen molar-refractivity contribution in [2.75, 3.05) is 6.61 Å². The molecule has 0 fully saturated rings. The minimum absolute atomic E-state index is 0.0297. The average Bonchev–Trinajstić information content (AvgIpc) is 2.57. The van der Waals surface area contributed by atoms with Gasteiger partial charge in [-0.1, -0.05) is 101 Å². The molecule has 3 heteroatoms. The fraction of sp³-hybridized carbons (Fsp3) is 0.391. The molecule has 2 rings (SSSR count). The molecule has 0 atom stereocenters. The lowest BCUT2D eigenvalue weighted by Crippen LogP contribution is -2.66. The maximum absolute atomic E-state index is 6.83. The maximum atomic E-state index is 6.83. The van der Waals surface area contributed by atoms with Crippen LogP contribution in [0.15, 0.2) is 60.7 Å². The van der Waals surface area contributed by atoms with Gasteiger partial charge >= 0.3 is 0 Å². The number of hydrogen-bond donors (Lipinski definition) is 0. The Kier molecular flexibility index (Phi) is 6.68. The van der Waals surface area contributed by atoms with E-state index in [-0.39, 0.29) is 5.04 Å². The lowest BCUT2D eigenvalue weighted by atomic mass is 10.2. The summed E-state index contributed by atoms with van der Waals surface area (Å²) in [4.78, 5) is 0. The third kappa shape index (κ3) is 4.97. The second-order valence-corrected chi connectivity index (χ2v) is 17.9. The highest BCUT2D eigenvalue weighted by atomic mass is 28.4. The predicted molar refractivity (Wildman–Crippen MR) is 119 cm³/mol. The van der Waals surface area contributed by atoms with Crippen molar-refractivity contribution in [1.82, 2.24) is 0 Å². The van der Waals surface area contributed by atoms with Crippen LogP contribution < -0.4 is 10.4 Å². The van der Waals surface area contributed by atoms with Crippen molar-refractivity contribution in [3.63, 3.8) is 0 Å². The fourth-order valence-corrected chi connectivity index (χ4v) is 8.56. The molecule has 0 N–H and O–H groups in total. The molecule has 138 valence electrons. The van der Waals surface area contributed by atoms with E-state index in [0.717, 1.165) is 6.42 Å². The second kappa shape index (κ2) is 8.39. The fourth-order valence-electron chi connectivity index (χ4n) is 3.34. The van der Waals surface area contributed by atoms with Crippen LogP contribution in [0.25, 0.3) is 0 Å². The van der Waals surface area contributed by atoms with Crippen molar-refractivity contribution in [3.8, 4) is 11.5 Å². The van der Waals surface area contributed by atoms with Crippen molar-refractivity contribution < 1.29 is 4.43 Å². The zero-order valence-corrected chi connectivity index (χ0v) is 19.1. The van der Waals surface area contributed by atoms with Crippen molar-refractivity contribution >= 4 is 26.8 Å². The Morgan fingerprint density at radius 3 is 1.65 bits per heavy atom. The normalized spacial score (nSPS) is 12.4. The molecule has 0 heterocycles. The first-order valence-corrected chi connectivity index (χ1v) is 14.8. The highest BCUT2D eigenvalue weighted by molar-refractivity contribution is 6.99. The first-order valence-electron chi connectivity index (χ1n) is 9.42. The van der Waals surface area contributed by atoms with Gasteiger partial charge in [-0.3, -0.25) is 0 Å². The first-order chi connectivity index (χ1) is 12.2. The summed E-state index contributed by atoms with van der Waals surface area (Å²) in [5.74, 6) is 3.36. The maximum Gasteiger partial charge on any atom is 0.261 e. The highest BCUT2D eigenvalue weighted by Gasteiger charge is 2.49. The topological polar surface area (TPSA) is 9.23 Å². The second-order valence-electron chi connectivity index (χ2n) is 8.81. The molecule has 0 aliphatic carbocycles. The van der Waals surface area contributed by atoms with Gasteiger partial charge in [0.2, 0.25) is 0 Å². The minimum Gasteiger partial charge on any atom is -0.406 e. The molecule has 0 unspecified atom stereocenters. The van der Waals surface area contributed by atoms with Crippen molar-refractivity contribution in [1.29, 1.82) is 0 Å². The van der Waals surface area contributed by atoms with Gasteiger partial charge in [-0.2, -0.15) is 0 Å². The molecule has 0 saturated carbocycles. The number of hydrogen-bond acceptors (Lipinski definition) is 1. The molecule has 0 radical (unpaired) electrons. The molecule has 0 amide bonds. The van der Waals surface area contributed by atoms with Crippen molar-refractivity contribution in [3.05, 3.63) is 60.7 Å². The zero-order chi connectivity index (χ0) is 19.3. The standard InChI is InChI=1S/C23H32OSi2/c1-23(2,3)26(21-15-9-7-10-16-21,22-17-11-8-12-18-22)24-19-13-14-20-25(4,5)6/h7-12,15-18H,13,19H2,1-6H3. The molecule has 1 nitrogen and oxygen atoms in total. The quantitative estimate of drug-likeness (QED) is 0.410. The van der Waals surface area contributed by atoms with Gasteiger partial charge < -0.3 is 4.43 Å². The Morgan fingerprint density at radius 2 is 1.27 bits per heavy atom. The Balaban J connectivity index is 2.42. The van der Waals surface area contributed by atoms with E-state index in [9.17, 15) is 0 Å². The molecule has 0 aliphatic heterocycles. The summed E-state index contributed by atoms with van der Waals surface area (Å²) >= 11 is 0. The summed E-state index contributed by atoms with van der Waals surface area (Å²) in [6.07, 6.45) is 0.800. The third-order valence-corrected chi connectivity index (χ3v) is 10.4. The van der Waals surface area contributed by atoms with Gasteiger partial charge in [0.1, 0.15) is 8.07 Å². The molecule has 0 spiro atoms. The van der Waals surface area contributed by atoms with Gasteiger partial charge in [0, 0.05) is 13.0 Å². The monoisotopic (exact) mass is 380 g/mol. The van der Waals surface area contributed by atoms with E-state index in [2.05, 4.69) is 113 Å². The van der Waals surface area contributed by atoms with E-state index in [4.69, 9.17) is 4.43 Å². The Bertz CT molecular complexity index is 705. The average molecular weight is 381 g/mol. The first kappa shape index (κ1) is 20.7. The van der Waals surface area contributed by atoms with Crippen LogP contribution in [0, 0.1) is 11.5 Å². The highest BCUT2D eigenvalue weighted by Crippen LogP contribution is 2.36. The van der Waals surface area contributed by atoms with E-state index in [0.29, 0.717) is 6.61 Å². The molecular formula is C23H32OSi2. The van der Waals surface area contributed by atoms with Crippen molar-refractivity contribution in [2.45, 2.75) is 51.9 Å². The molecule has 2 aromatic carbocycles. The van der Waals surface area contributed by atoms with Crippen LogP contribution in [0.1, 0.15) is 27.2 Å². The lowest BCUT2D eigenvalue weighted by Gasteiger charge is -2.43. The summed E-state index contributed by atoms with van der Waals surface area (Å²) in [5.41, 5.74) is 3.45. The number of benzene rings is 2. The van der Waals surface area contributed by atoms with Crippen LogP contribution in [0.5, 0.6) is 0 Å². The summed E-state index contributed by atoms with van der Waals surface area (Å²) in [6, 6.07) is 21.6. The van der Waals surface area contributed by atoms with Gasteiger partial charge in [0.25, 0.3) is 8.32 Å². The summed E-state index contributed by atoms with van der Waals surface area (Å²) in [7, 11) is -3.72. The predicted octanol–water partition coefficient (Wildman–Crippen LogP) is 4.83. The molecular weight excluding hydrogens is 348 g/mol. The van der Waals surface area contributed by atoms with Crippen LogP contribution in [-0.4, -0.2) is 23.0 Å². The largest absolute Gasteiger partial charge is 0.406 e. The molecule has 0 saturated heterocycles. The van der Waals surface area contributed by atoms with Crippen LogP contribution in [0.3, 0.4) is 0 Å². The Hall–Kier alpha value is -1.61. The minimum atomic E-state index is -2.40. The van der Waals surface area contributed by atoms with Crippen LogP contribution in [-0.2, 0) is 4.43 Å². The Labute approximate surface area is 162 Å². The van der Waals surface area contributed by atoms with E-state index in [1.807, 2.05) is 0 Å². The van der Waals surface area contributed by atoms with Crippen molar-refractivity contribution in [2.24, 2.45) is 0 Å². The zero-order valence-electron chi connectivity index (χ0n) is 17.1. The third-order valence-electron chi connectivity index (χ3n) is 4.43. The smallest absolute Gasteiger partial charge is 0.261 e. The number of rotatable bonds is 5. The van der Waals surface area contributed by atoms with E-state index in [1.54, 1.807) is 0 Å². The SMILES string of the molecule is CC(C)(C)[Si](OCCC#C[Si](C)(C)C)(c1ccccc1)c1ccccc1. The molecule has 26 heavy (non-hydrogen) atoms. The van der Waals surface area contributed by atoms with E-state index in [1.165, 1.54) is 10.4 Å². The van der Waals surface area contributed by atoms with E-state index < -0.39 is 16.4 Å². The van der Waals surface area contributed by atoms with Crippen LogP contribution in [0.4, 0.5) is 0 Å². The summed E-state index contributed by atoms with van der Waals surface area (Å²) in [6.45, 7) is 14.5. The molecule has 0 aliphatic rings. The molecule has 2 aromatic rings. The van der Waals surface area contributed by atoms with Gasteiger partial charge in [-0.05, 0) is 15.4 Å². The molecule has 0 aromatic heterocycles. The summed E-state index contributed by atoms with van der Waals surface area (Å²) in [5, 5.41) is 2.69. The lowest BCUT2D eigenvalue weighted by molar-refractivity contribution is 0.306. The van der Waals surface area contributed by atoms with Gasteiger partial charge in [-0.25, -0.2) is 0 Å². The van der Waals surface area contributed by atoms with Gasteiger partial charge in [-0.15, -0.1) is 11.5 Å². The summed E-state index contributed by atoms with van der Waals surface area (Å²) < 4.78 is 6.83. The molecule has 0 bridgehead atoms. The Morgan fingerprint density at radius 1 is 0.808 bits per heavy atom. The van der Waals surface area contributed by atoms with Crippen LogP contribution >= 0.6 is 0 Å². The van der Waals surface area contributed by atoms with Crippen LogP contribution in [0.2, 0.25) is 24.7 Å². The van der Waals surface area contributed by atoms with Gasteiger partial charge in [0.15, 0.2) is 0 Å². The van der Waals surface area contributed by atoms with E-state index >= 15 is 0 Å². The van der Waals surface area contributed by atoms with Gasteiger partial charge in [0.05, 0.1) is 0 Å².